The average molecular weight is 434 g/mol. The van der Waals surface area contributed by atoms with Crippen LogP contribution in [0.3, 0.4) is 0 Å². The van der Waals surface area contributed by atoms with Gasteiger partial charge < -0.3 is 19.4 Å². The number of halogens is 2. The monoisotopic (exact) mass is 434 g/mol. The molecule has 0 aliphatic carbocycles. The Morgan fingerprint density at radius 2 is 1.84 bits per heavy atom. The van der Waals surface area contributed by atoms with Crippen LogP contribution in [-0.4, -0.2) is 85.5 Å². The Morgan fingerprint density at radius 1 is 1.16 bits per heavy atom. The lowest BCUT2D eigenvalue weighted by atomic mass is 10.1. The van der Waals surface area contributed by atoms with Crippen LogP contribution >= 0.6 is 0 Å². The summed E-state index contributed by atoms with van der Waals surface area (Å²) in [5.41, 5.74) is 0.161. The van der Waals surface area contributed by atoms with Gasteiger partial charge in [-0.3, -0.25) is 10.1 Å². The third kappa shape index (κ3) is 4.28. The van der Waals surface area contributed by atoms with Crippen LogP contribution in [-0.2, 0) is 4.74 Å². The number of alkyl halides is 1. The molecule has 0 N–H and O–H groups in total. The number of rotatable bonds is 5. The topological polar surface area (TPSA) is 87.9 Å². The lowest BCUT2D eigenvalue weighted by molar-refractivity contribution is -0.384. The molecule has 0 saturated carbocycles. The number of aromatic nitrogens is 2. The summed E-state index contributed by atoms with van der Waals surface area (Å²) in [5, 5.41) is 11.7. The minimum absolute atomic E-state index is 0.0279. The normalized spacial score (nSPS) is 21.7. The van der Waals surface area contributed by atoms with Crippen molar-refractivity contribution in [1.82, 2.24) is 14.9 Å². The summed E-state index contributed by atoms with van der Waals surface area (Å²) in [6.45, 7) is 2.70. The van der Waals surface area contributed by atoms with Gasteiger partial charge >= 0.3 is 0 Å². The molecule has 2 fully saturated rings. The van der Waals surface area contributed by atoms with E-state index in [0.717, 1.165) is 6.07 Å². The Hall–Kier alpha value is -2.92. The molecular formula is C20H24F2N6O3. The molecule has 31 heavy (non-hydrogen) atoms. The summed E-state index contributed by atoms with van der Waals surface area (Å²) in [4.78, 5) is 25.0. The summed E-state index contributed by atoms with van der Waals surface area (Å²) in [7, 11) is 3.50. The molecule has 9 nitrogen and oxygen atoms in total. The van der Waals surface area contributed by atoms with Gasteiger partial charge in [0.15, 0.2) is 0 Å². The highest BCUT2D eigenvalue weighted by molar-refractivity contribution is 5.74. The number of anilines is 2. The molecule has 2 atom stereocenters. The van der Waals surface area contributed by atoms with Gasteiger partial charge in [0.2, 0.25) is 5.95 Å². The first-order chi connectivity index (χ1) is 14.8. The highest BCUT2D eigenvalue weighted by Crippen LogP contribution is 2.37. The van der Waals surface area contributed by atoms with Crippen molar-refractivity contribution in [1.29, 1.82) is 0 Å². The van der Waals surface area contributed by atoms with E-state index >= 15 is 4.39 Å². The number of nitro groups is 1. The van der Waals surface area contributed by atoms with Crippen LogP contribution < -0.4 is 9.80 Å². The maximum absolute atomic E-state index is 15.0. The van der Waals surface area contributed by atoms with E-state index in [9.17, 15) is 14.5 Å². The van der Waals surface area contributed by atoms with Crippen LogP contribution in [0.2, 0.25) is 0 Å². The van der Waals surface area contributed by atoms with Crippen LogP contribution in [0.25, 0.3) is 11.1 Å². The predicted molar refractivity (Wildman–Crippen MR) is 112 cm³/mol. The minimum atomic E-state index is -1.18. The van der Waals surface area contributed by atoms with Crippen LogP contribution in [0.15, 0.2) is 24.5 Å². The van der Waals surface area contributed by atoms with Gasteiger partial charge in [0.1, 0.15) is 17.7 Å². The number of nitrogens with zero attached hydrogens (tertiary/aromatic N) is 6. The lowest BCUT2D eigenvalue weighted by Crippen LogP contribution is -2.37. The molecule has 0 radical (unpaired) electrons. The molecule has 4 rings (SSSR count). The second kappa shape index (κ2) is 8.67. The number of benzene rings is 1. The molecular weight excluding hydrogens is 410 g/mol. The van der Waals surface area contributed by atoms with Gasteiger partial charge in [-0.1, -0.05) is 0 Å². The van der Waals surface area contributed by atoms with E-state index in [-0.39, 0.29) is 30.0 Å². The van der Waals surface area contributed by atoms with E-state index in [0.29, 0.717) is 37.8 Å². The van der Waals surface area contributed by atoms with E-state index in [1.807, 2.05) is 4.90 Å². The standard InChI is InChI=1S/C20H24F2N6O3/c1-25(2)19-12-27(11-16(19)22)17-8-15(21)14(7-18(17)28(29)30)13-9-23-20(24-10-13)26-3-5-31-6-4-26/h7-10,16,19H,3-6,11-12H2,1-2H3/t16-,19-/m0/s1. The average Bonchev–Trinajstić information content (AvgIpc) is 3.16. The molecule has 3 heterocycles. The van der Waals surface area contributed by atoms with Crippen molar-refractivity contribution in [3.05, 3.63) is 40.5 Å². The summed E-state index contributed by atoms with van der Waals surface area (Å²) in [5.74, 6) is -0.147. The Bertz CT molecular complexity index is 953. The molecule has 0 unspecified atom stereocenters. The number of hydrogen-bond donors (Lipinski definition) is 0. The molecule has 2 aromatic rings. The van der Waals surface area contributed by atoms with Gasteiger partial charge in [-0.25, -0.2) is 18.7 Å². The summed E-state index contributed by atoms with van der Waals surface area (Å²) in [6.07, 6.45) is 1.73. The van der Waals surface area contributed by atoms with Crippen LogP contribution in [0.5, 0.6) is 0 Å². The first-order valence-electron chi connectivity index (χ1n) is 10.0. The zero-order valence-electron chi connectivity index (χ0n) is 17.4. The zero-order valence-corrected chi connectivity index (χ0v) is 17.4. The van der Waals surface area contributed by atoms with Crippen molar-refractivity contribution >= 4 is 17.3 Å². The number of hydrogen-bond acceptors (Lipinski definition) is 8. The van der Waals surface area contributed by atoms with Crippen molar-refractivity contribution in [2.75, 3.05) is 63.3 Å². The van der Waals surface area contributed by atoms with E-state index in [1.54, 1.807) is 19.0 Å². The van der Waals surface area contributed by atoms with E-state index < -0.39 is 23.0 Å². The van der Waals surface area contributed by atoms with Gasteiger partial charge in [-0.2, -0.15) is 0 Å². The summed E-state index contributed by atoms with van der Waals surface area (Å²) in [6, 6.07) is 1.87. The van der Waals surface area contributed by atoms with Crippen LogP contribution in [0.1, 0.15) is 0 Å². The molecule has 0 bridgehead atoms. The fourth-order valence-electron chi connectivity index (χ4n) is 3.99. The van der Waals surface area contributed by atoms with Crippen molar-refractivity contribution in [2.24, 2.45) is 0 Å². The molecule has 2 aliphatic heterocycles. The number of morpholine rings is 1. The highest BCUT2D eigenvalue weighted by atomic mass is 19.1. The van der Waals surface area contributed by atoms with E-state index in [1.165, 1.54) is 23.4 Å². The molecule has 1 aromatic carbocycles. The number of nitro benzene ring substituents is 1. The third-order valence-electron chi connectivity index (χ3n) is 5.73. The van der Waals surface area contributed by atoms with Gasteiger partial charge in [0.25, 0.3) is 5.69 Å². The van der Waals surface area contributed by atoms with Crippen molar-refractivity contribution in [3.8, 4) is 11.1 Å². The third-order valence-corrected chi connectivity index (χ3v) is 5.73. The van der Waals surface area contributed by atoms with Crippen LogP contribution in [0.4, 0.5) is 26.1 Å². The SMILES string of the molecule is CN(C)[C@H]1CN(c2cc(F)c(-c3cnc(N4CCOCC4)nc3)cc2[N+](=O)[O-])C[C@@H]1F. The number of likely N-dealkylation sites (N-methyl/N-ethyl adjacent to an activating group) is 1. The van der Waals surface area contributed by atoms with Crippen molar-refractivity contribution in [3.63, 3.8) is 0 Å². The molecule has 0 spiro atoms. The molecule has 2 aliphatic rings. The Morgan fingerprint density at radius 3 is 2.42 bits per heavy atom. The minimum Gasteiger partial charge on any atom is -0.378 e. The maximum Gasteiger partial charge on any atom is 0.293 e. The van der Waals surface area contributed by atoms with Crippen molar-refractivity contribution < 1.29 is 18.4 Å². The Balaban J connectivity index is 1.64. The Kier molecular flexibility index (Phi) is 5.96. The van der Waals surface area contributed by atoms with Crippen molar-refractivity contribution in [2.45, 2.75) is 12.2 Å². The Labute approximate surface area is 178 Å². The summed E-state index contributed by atoms with van der Waals surface area (Å²) < 4.78 is 34.7. The first-order valence-corrected chi connectivity index (χ1v) is 10.0. The summed E-state index contributed by atoms with van der Waals surface area (Å²) >= 11 is 0. The van der Waals surface area contributed by atoms with Crippen LogP contribution in [0, 0.1) is 15.9 Å². The predicted octanol–water partition coefficient (Wildman–Crippen LogP) is 2.12. The maximum atomic E-state index is 15.0. The van der Waals surface area contributed by atoms with Gasteiger partial charge in [-0.15, -0.1) is 0 Å². The number of ether oxygens (including phenoxy) is 1. The molecule has 0 amide bonds. The zero-order chi connectivity index (χ0) is 22.1. The molecule has 166 valence electrons. The smallest absolute Gasteiger partial charge is 0.293 e. The highest BCUT2D eigenvalue weighted by Gasteiger charge is 2.37. The molecule has 2 saturated heterocycles. The fourth-order valence-corrected chi connectivity index (χ4v) is 3.99. The van der Waals surface area contributed by atoms with Gasteiger partial charge in [0, 0.05) is 55.3 Å². The van der Waals surface area contributed by atoms with Gasteiger partial charge in [-0.05, 0) is 14.1 Å². The molecule has 11 heteroatoms. The quantitative estimate of drug-likeness (QED) is 0.522. The second-order valence-electron chi connectivity index (χ2n) is 7.90. The largest absolute Gasteiger partial charge is 0.378 e. The van der Waals surface area contributed by atoms with E-state index in [2.05, 4.69) is 9.97 Å². The molecule has 1 aromatic heterocycles. The van der Waals surface area contributed by atoms with Gasteiger partial charge in [0.05, 0.1) is 30.7 Å². The lowest BCUT2D eigenvalue weighted by Gasteiger charge is -2.26. The fraction of sp³-hybridized carbons (Fsp3) is 0.500. The van der Waals surface area contributed by atoms with E-state index in [4.69, 9.17) is 4.74 Å². The first kappa shape index (κ1) is 21.3. The second-order valence-corrected chi connectivity index (χ2v) is 7.90.